The molecule has 2 fully saturated rings. The van der Waals surface area contributed by atoms with Gasteiger partial charge in [-0.3, -0.25) is 4.90 Å². The Labute approximate surface area is 127 Å². The molecular weight excluding hydrogens is 262 g/mol. The van der Waals surface area contributed by atoms with Gasteiger partial charge in [0.15, 0.2) is 0 Å². The molecule has 5 heteroatoms. The van der Waals surface area contributed by atoms with Crippen LogP contribution < -0.4 is 10.6 Å². The Bertz CT molecular complexity index is 443. The minimum atomic E-state index is 0.224. The summed E-state index contributed by atoms with van der Waals surface area (Å²) in [6.45, 7) is 7.31. The van der Waals surface area contributed by atoms with E-state index in [0.29, 0.717) is 5.92 Å². The fraction of sp³-hybridized carbons (Fsp3) is 0.750. The van der Waals surface area contributed by atoms with Crippen LogP contribution in [0.3, 0.4) is 0 Å². The Morgan fingerprint density at radius 1 is 1.19 bits per heavy atom. The molecule has 2 heterocycles. The number of hydrogen-bond donors (Lipinski definition) is 1. The van der Waals surface area contributed by atoms with Crippen LogP contribution in [0.5, 0.6) is 0 Å². The van der Waals surface area contributed by atoms with Crippen LogP contribution in [-0.2, 0) is 0 Å². The quantitative estimate of drug-likeness (QED) is 0.914. The second-order valence-corrected chi connectivity index (χ2v) is 6.48. The summed E-state index contributed by atoms with van der Waals surface area (Å²) in [5, 5.41) is 0. The summed E-state index contributed by atoms with van der Waals surface area (Å²) < 4.78 is 0. The lowest BCUT2D eigenvalue weighted by Gasteiger charge is -2.52. The van der Waals surface area contributed by atoms with Gasteiger partial charge in [-0.2, -0.15) is 0 Å². The summed E-state index contributed by atoms with van der Waals surface area (Å²) in [5.74, 6) is 1.56. The highest BCUT2D eigenvalue weighted by molar-refractivity contribution is 5.29. The number of aromatic nitrogens is 2. The summed E-state index contributed by atoms with van der Waals surface area (Å²) in [7, 11) is 0. The highest BCUT2D eigenvalue weighted by atomic mass is 15.3. The van der Waals surface area contributed by atoms with Crippen LogP contribution in [0.2, 0.25) is 0 Å². The van der Waals surface area contributed by atoms with Gasteiger partial charge >= 0.3 is 0 Å². The number of nitrogens with zero attached hydrogens (tertiary/aromatic N) is 4. The zero-order valence-corrected chi connectivity index (χ0v) is 13.0. The molecule has 1 aliphatic heterocycles. The molecule has 116 valence electrons. The largest absolute Gasteiger partial charge is 0.338 e. The van der Waals surface area contributed by atoms with E-state index in [9.17, 15) is 0 Å². The highest BCUT2D eigenvalue weighted by Gasteiger charge is 2.43. The Kier molecular flexibility index (Phi) is 4.40. The number of hydrogen-bond acceptors (Lipinski definition) is 5. The van der Waals surface area contributed by atoms with E-state index in [1.54, 1.807) is 0 Å². The summed E-state index contributed by atoms with van der Waals surface area (Å²) in [4.78, 5) is 13.7. The van der Waals surface area contributed by atoms with Crippen LogP contribution in [0.4, 0.5) is 5.95 Å². The van der Waals surface area contributed by atoms with Crippen molar-refractivity contribution in [2.45, 2.75) is 38.1 Å². The van der Waals surface area contributed by atoms with E-state index in [-0.39, 0.29) is 5.54 Å². The van der Waals surface area contributed by atoms with Crippen LogP contribution in [0, 0.1) is 5.92 Å². The summed E-state index contributed by atoms with van der Waals surface area (Å²) in [5.41, 5.74) is 6.45. The summed E-state index contributed by atoms with van der Waals surface area (Å²) >= 11 is 0. The SMILES string of the molecule is CC1CCCCC1(CN)N1CCN(c2ncccn2)CC1. The van der Waals surface area contributed by atoms with E-state index in [4.69, 9.17) is 5.73 Å². The molecule has 21 heavy (non-hydrogen) atoms. The van der Waals surface area contributed by atoms with Crippen LogP contribution in [0.15, 0.2) is 18.5 Å². The average Bonchev–Trinajstić information content (AvgIpc) is 2.57. The van der Waals surface area contributed by atoms with Crippen LogP contribution >= 0.6 is 0 Å². The molecule has 1 saturated heterocycles. The molecule has 1 saturated carbocycles. The van der Waals surface area contributed by atoms with E-state index in [1.165, 1.54) is 25.7 Å². The zero-order chi connectivity index (χ0) is 14.7. The standard InChI is InChI=1S/C16H27N5/c1-14-5-2-3-6-16(14,13-17)21-11-9-20(10-12-21)15-18-7-4-8-19-15/h4,7-8,14H,2-3,5-6,9-13,17H2,1H3. The smallest absolute Gasteiger partial charge is 0.225 e. The first-order valence-corrected chi connectivity index (χ1v) is 8.23. The first-order chi connectivity index (χ1) is 10.3. The minimum absolute atomic E-state index is 0.224. The molecule has 1 aromatic rings. The highest BCUT2D eigenvalue weighted by Crippen LogP contribution is 2.38. The molecule has 0 bridgehead atoms. The molecule has 0 amide bonds. The van der Waals surface area contributed by atoms with E-state index in [0.717, 1.165) is 38.7 Å². The average molecular weight is 289 g/mol. The molecule has 0 radical (unpaired) electrons. The summed E-state index contributed by atoms with van der Waals surface area (Å²) in [6, 6.07) is 1.87. The van der Waals surface area contributed by atoms with Gasteiger partial charge in [-0.05, 0) is 24.8 Å². The molecule has 0 spiro atoms. The topological polar surface area (TPSA) is 58.3 Å². The molecule has 3 rings (SSSR count). The van der Waals surface area contributed by atoms with Crippen molar-refractivity contribution in [3.05, 3.63) is 18.5 Å². The van der Waals surface area contributed by atoms with Crippen molar-refractivity contribution in [3.8, 4) is 0 Å². The molecule has 0 aromatic carbocycles. The predicted molar refractivity (Wildman–Crippen MR) is 85.2 cm³/mol. The van der Waals surface area contributed by atoms with E-state index in [1.807, 2.05) is 18.5 Å². The molecule has 1 aromatic heterocycles. The third-order valence-electron chi connectivity index (χ3n) is 5.51. The van der Waals surface area contributed by atoms with E-state index >= 15 is 0 Å². The zero-order valence-electron chi connectivity index (χ0n) is 13.0. The lowest BCUT2D eigenvalue weighted by Crippen LogP contribution is -2.64. The first-order valence-electron chi connectivity index (χ1n) is 8.23. The number of nitrogens with two attached hydrogens (primary N) is 1. The van der Waals surface area contributed by atoms with Crippen LogP contribution in [0.1, 0.15) is 32.6 Å². The minimum Gasteiger partial charge on any atom is -0.338 e. The normalized spacial score (nSPS) is 31.3. The third-order valence-corrected chi connectivity index (χ3v) is 5.51. The Morgan fingerprint density at radius 2 is 1.90 bits per heavy atom. The van der Waals surface area contributed by atoms with Crippen LogP contribution in [0.25, 0.3) is 0 Å². The monoisotopic (exact) mass is 289 g/mol. The maximum atomic E-state index is 6.23. The number of anilines is 1. The van der Waals surface area contributed by atoms with Gasteiger partial charge in [-0.25, -0.2) is 9.97 Å². The van der Waals surface area contributed by atoms with Gasteiger partial charge in [0.2, 0.25) is 5.95 Å². The van der Waals surface area contributed by atoms with Crippen molar-refractivity contribution in [1.82, 2.24) is 14.9 Å². The third kappa shape index (κ3) is 2.77. The van der Waals surface area contributed by atoms with Gasteiger partial charge in [0, 0.05) is 50.7 Å². The van der Waals surface area contributed by atoms with Gasteiger partial charge in [-0.15, -0.1) is 0 Å². The van der Waals surface area contributed by atoms with Crippen molar-refractivity contribution in [1.29, 1.82) is 0 Å². The Balaban J connectivity index is 1.67. The first kappa shape index (κ1) is 14.7. The molecule has 1 aliphatic carbocycles. The van der Waals surface area contributed by atoms with Crippen molar-refractivity contribution in [2.24, 2.45) is 11.7 Å². The van der Waals surface area contributed by atoms with Gasteiger partial charge in [0.05, 0.1) is 0 Å². The predicted octanol–water partition coefficient (Wildman–Crippen LogP) is 1.51. The second-order valence-electron chi connectivity index (χ2n) is 6.48. The number of piperazine rings is 1. The van der Waals surface area contributed by atoms with Gasteiger partial charge in [-0.1, -0.05) is 19.8 Å². The van der Waals surface area contributed by atoms with Gasteiger partial charge in [0.25, 0.3) is 0 Å². The Morgan fingerprint density at radius 3 is 2.52 bits per heavy atom. The molecule has 5 nitrogen and oxygen atoms in total. The molecule has 2 aliphatic rings. The Hall–Kier alpha value is -1.20. The molecule has 2 atom stereocenters. The van der Waals surface area contributed by atoms with Crippen molar-refractivity contribution in [2.75, 3.05) is 37.6 Å². The summed E-state index contributed by atoms with van der Waals surface area (Å²) in [6.07, 6.45) is 8.90. The van der Waals surface area contributed by atoms with E-state index < -0.39 is 0 Å². The van der Waals surface area contributed by atoms with Crippen LogP contribution in [-0.4, -0.2) is 53.1 Å². The van der Waals surface area contributed by atoms with Gasteiger partial charge in [0.1, 0.15) is 0 Å². The number of rotatable bonds is 3. The fourth-order valence-electron chi connectivity index (χ4n) is 4.11. The van der Waals surface area contributed by atoms with Crippen molar-refractivity contribution < 1.29 is 0 Å². The lowest BCUT2D eigenvalue weighted by atomic mass is 9.72. The second kappa shape index (κ2) is 6.28. The van der Waals surface area contributed by atoms with Crippen molar-refractivity contribution in [3.63, 3.8) is 0 Å². The molecule has 2 N–H and O–H groups in total. The van der Waals surface area contributed by atoms with Crippen molar-refractivity contribution >= 4 is 5.95 Å². The lowest BCUT2D eigenvalue weighted by molar-refractivity contribution is 0.00915. The maximum Gasteiger partial charge on any atom is 0.225 e. The van der Waals surface area contributed by atoms with Gasteiger partial charge < -0.3 is 10.6 Å². The molecular formula is C16H27N5. The molecule has 2 unspecified atom stereocenters. The fourth-order valence-corrected chi connectivity index (χ4v) is 4.11. The maximum absolute atomic E-state index is 6.23. The van der Waals surface area contributed by atoms with E-state index in [2.05, 4.69) is 26.7 Å².